The Labute approximate surface area is 85.5 Å². The van der Waals surface area contributed by atoms with Gasteiger partial charge in [-0.25, -0.2) is 0 Å². The van der Waals surface area contributed by atoms with Gasteiger partial charge in [-0.3, -0.25) is 0 Å². The number of benzene rings is 1. The second-order valence-electron chi connectivity index (χ2n) is 3.41. The van der Waals surface area contributed by atoms with E-state index in [0.717, 1.165) is 12.1 Å². The molecule has 1 rings (SSSR count). The van der Waals surface area contributed by atoms with Crippen molar-refractivity contribution in [3.05, 3.63) is 29.3 Å². The molecule has 1 unspecified atom stereocenters. The first kappa shape index (κ1) is 11.8. The van der Waals surface area contributed by atoms with Crippen LogP contribution in [0, 0.1) is 0 Å². The summed E-state index contributed by atoms with van der Waals surface area (Å²) in [4.78, 5) is 0. The summed E-state index contributed by atoms with van der Waals surface area (Å²) in [5.74, 6) is -0.915. The summed E-state index contributed by atoms with van der Waals surface area (Å²) in [6.07, 6.45) is -4.53. The maximum Gasteiger partial charge on any atom is 0.419 e. The van der Waals surface area contributed by atoms with Crippen molar-refractivity contribution in [2.24, 2.45) is 5.73 Å². The number of rotatable bonds is 2. The standard InChI is InChI=1S/C10H12F3NO/c1-6(5-14)7-2-3-9(15)8(4-7)10(11,12)13/h2-4,6,15H,5,14H2,1H3. The molecule has 5 heteroatoms. The zero-order valence-electron chi connectivity index (χ0n) is 8.17. The van der Waals surface area contributed by atoms with Crippen LogP contribution in [0.3, 0.4) is 0 Å². The van der Waals surface area contributed by atoms with Crippen molar-refractivity contribution >= 4 is 0 Å². The summed E-state index contributed by atoms with van der Waals surface area (Å²) < 4.78 is 37.2. The largest absolute Gasteiger partial charge is 0.507 e. The smallest absolute Gasteiger partial charge is 0.419 e. The van der Waals surface area contributed by atoms with Crippen molar-refractivity contribution in [1.29, 1.82) is 0 Å². The minimum Gasteiger partial charge on any atom is -0.507 e. The molecule has 0 spiro atoms. The van der Waals surface area contributed by atoms with Crippen LogP contribution in [0.25, 0.3) is 0 Å². The van der Waals surface area contributed by atoms with Crippen LogP contribution in [0.15, 0.2) is 18.2 Å². The zero-order chi connectivity index (χ0) is 11.6. The quantitative estimate of drug-likeness (QED) is 0.802. The lowest BCUT2D eigenvalue weighted by atomic mass is 9.98. The lowest BCUT2D eigenvalue weighted by molar-refractivity contribution is -0.138. The Morgan fingerprint density at radius 2 is 2.00 bits per heavy atom. The average molecular weight is 219 g/mol. The summed E-state index contributed by atoms with van der Waals surface area (Å²) in [6.45, 7) is 1.99. The summed E-state index contributed by atoms with van der Waals surface area (Å²) in [7, 11) is 0. The topological polar surface area (TPSA) is 46.2 Å². The first-order valence-corrected chi connectivity index (χ1v) is 4.46. The molecule has 0 bridgehead atoms. The molecule has 15 heavy (non-hydrogen) atoms. The summed E-state index contributed by atoms with van der Waals surface area (Å²) >= 11 is 0. The van der Waals surface area contributed by atoms with Gasteiger partial charge in [0.2, 0.25) is 0 Å². The predicted molar refractivity (Wildman–Crippen MR) is 50.6 cm³/mol. The van der Waals surface area contributed by atoms with Gasteiger partial charge in [-0.2, -0.15) is 13.2 Å². The highest BCUT2D eigenvalue weighted by Crippen LogP contribution is 2.37. The molecule has 0 aliphatic carbocycles. The Bertz CT molecular complexity index is 349. The fraction of sp³-hybridized carbons (Fsp3) is 0.400. The van der Waals surface area contributed by atoms with Crippen molar-refractivity contribution in [2.45, 2.75) is 19.0 Å². The molecule has 1 aromatic rings. The van der Waals surface area contributed by atoms with Crippen LogP contribution in [0.4, 0.5) is 13.2 Å². The molecule has 84 valence electrons. The molecule has 0 heterocycles. The van der Waals surface area contributed by atoms with Gasteiger partial charge in [-0.15, -0.1) is 0 Å². The normalized spacial score (nSPS) is 13.9. The molecular formula is C10H12F3NO. The number of halogens is 3. The van der Waals surface area contributed by atoms with Crippen molar-refractivity contribution in [3.63, 3.8) is 0 Å². The van der Waals surface area contributed by atoms with Gasteiger partial charge in [0.05, 0.1) is 5.56 Å². The first-order chi connectivity index (χ1) is 6.86. The van der Waals surface area contributed by atoms with Gasteiger partial charge in [0, 0.05) is 0 Å². The Balaban J connectivity index is 3.17. The van der Waals surface area contributed by atoms with Crippen LogP contribution in [0.5, 0.6) is 5.75 Å². The van der Waals surface area contributed by atoms with Gasteiger partial charge in [0.25, 0.3) is 0 Å². The van der Waals surface area contributed by atoms with Crippen LogP contribution in [0.2, 0.25) is 0 Å². The van der Waals surface area contributed by atoms with Crippen molar-refractivity contribution in [1.82, 2.24) is 0 Å². The molecular weight excluding hydrogens is 207 g/mol. The SMILES string of the molecule is CC(CN)c1ccc(O)c(C(F)(F)F)c1. The Morgan fingerprint density at radius 1 is 1.40 bits per heavy atom. The molecule has 0 amide bonds. The predicted octanol–water partition coefficient (Wildman–Crippen LogP) is 2.47. The number of nitrogens with two attached hydrogens (primary N) is 1. The Morgan fingerprint density at radius 3 is 2.47 bits per heavy atom. The van der Waals surface area contributed by atoms with Crippen molar-refractivity contribution in [2.75, 3.05) is 6.54 Å². The maximum absolute atomic E-state index is 12.4. The highest BCUT2D eigenvalue weighted by molar-refractivity contribution is 5.39. The lowest BCUT2D eigenvalue weighted by Crippen LogP contribution is -2.11. The number of hydrogen-bond donors (Lipinski definition) is 2. The first-order valence-electron chi connectivity index (χ1n) is 4.46. The lowest BCUT2D eigenvalue weighted by Gasteiger charge is -2.13. The fourth-order valence-corrected chi connectivity index (χ4v) is 1.22. The minimum absolute atomic E-state index is 0.160. The van der Waals surface area contributed by atoms with Crippen LogP contribution in [-0.4, -0.2) is 11.7 Å². The zero-order valence-corrected chi connectivity index (χ0v) is 8.17. The van der Waals surface area contributed by atoms with Crippen molar-refractivity contribution < 1.29 is 18.3 Å². The molecule has 0 radical (unpaired) electrons. The van der Waals surface area contributed by atoms with Gasteiger partial charge < -0.3 is 10.8 Å². The van der Waals surface area contributed by atoms with Gasteiger partial charge in [0.1, 0.15) is 5.75 Å². The summed E-state index contributed by atoms with van der Waals surface area (Å²) in [5.41, 5.74) is 4.82. The second kappa shape index (κ2) is 4.10. The molecule has 0 aliphatic rings. The van der Waals surface area contributed by atoms with Gasteiger partial charge >= 0.3 is 6.18 Å². The van der Waals surface area contributed by atoms with Crippen LogP contribution >= 0.6 is 0 Å². The van der Waals surface area contributed by atoms with E-state index in [0.29, 0.717) is 5.56 Å². The van der Waals surface area contributed by atoms with E-state index >= 15 is 0 Å². The Kier molecular flexibility index (Phi) is 3.24. The van der Waals surface area contributed by atoms with E-state index in [1.165, 1.54) is 6.07 Å². The van der Waals surface area contributed by atoms with E-state index in [2.05, 4.69) is 0 Å². The van der Waals surface area contributed by atoms with Gasteiger partial charge in [0.15, 0.2) is 0 Å². The third kappa shape index (κ3) is 2.62. The number of aromatic hydroxyl groups is 1. The van der Waals surface area contributed by atoms with E-state index in [4.69, 9.17) is 10.8 Å². The third-order valence-electron chi connectivity index (χ3n) is 2.25. The van der Waals surface area contributed by atoms with Gasteiger partial charge in [-0.05, 0) is 30.2 Å². The maximum atomic E-state index is 12.4. The number of alkyl halides is 3. The van der Waals surface area contributed by atoms with E-state index in [-0.39, 0.29) is 12.5 Å². The van der Waals surface area contributed by atoms with Crippen LogP contribution in [-0.2, 0) is 6.18 Å². The number of phenolic OH excluding ortho intramolecular Hbond substituents is 1. The molecule has 1 aromatic carbocycles. The summed E-state index contributed by atoms with van der Waals surface area (Å²) in [5, 5.41) is 9.07. The molecule has 0 aromatic heterocycles. The number of hydrogen-bond acceptors (Lipinski definition) is 2. The second-order valence-corrected chi connectivity index (χ2v) is 3.41. The molecule has 1 atom stereocenters. The number of phenols is 1. The minimum atomic E-state index is -4.53. The van der Waals surface area contributed by atoms with Gasteiger partial charge in [-0.1, -0.05) is 13.0 Å². The summed E-state index contributed by atoms with van der Waals surface area (Å²) in [6, 6.07) is 3.43. The average Bonchev–Trinajstić information content (AvgIpc) is 2.15. The van der Waals surface area contributed by atoms with Crippen LogP contribution in [0.1, 0.15) is 24.0 Å². The van der Waals surface area contributed by atoms with Crippen LogP contribution < -0.4 is 5.73 Å². The van der Waals surface area contributed by atoms with E-state index in [1.807, 2.05) is 0 Å². The van der Waals surface area contributed by atoms with Crippen molar-refractivity contribution in [3.8, 4) is 5.75 Å². The highest BCUT2D eigenvalue weighted by Gasteiger charge is 2.34. The van der Waals surface area contributed by atoms with E-state index in [1.54, 1.807) is 6.92 Å². The molecule has 0 aliphatic heterocycles. The fourth-order valence-electron chi connectivity index (χ4n) is 1.22. The molecule has 3 N–H and O–H groups in total. The highest BCUT2D eigenvalue weighted by atomic mass is 19.4. The van der Waals surface area contributed by atoms with E-state index < -0.39 is 17.5 Å². The molecule has 0 saturated carbocycles. The monoisotopic (exact) mass is 219 g/mol. The Hall–Kier alpha value is -1.23. The van der Waals surface area contributed by atoms with E-state index in [9.17, 15) is 13.2 Å². The third-order valence-corrected chi connectivity index (χ3v) is 2.25. The molecule has 0 fully saturated rings. The molecule has 2 nitrogen and oxygen atoms in total. The molecule has 0 saturated heterocycles.